The monoisotopic (exact) mass is 270 g/mol. The zero-order valence-electron chi connectivity index (χ0n) is 10.5. The third kappa shape index (κ3) is 2.16. The van der Waals surface area contributed by atoms with Gasteiger partial charge in [0.15, 0.2) is 5.79 Å². The molecule has 2 fully saturated rings. The van der Waals surface area contributed by atoms with Gasteiger partial charge in [-0.3, -0.25) is 0 Å². The molecule has 1 heterocycles. The van der Waals surface area contributed by atoms with Crippen molar-refractivity contribution in [1.82, 2.24) is 0 Å². The number of hydrogen-bond acceptors (Lipinski definition) is 3. The van der Waals surface area contributed by atoms with E-state index in [9.17, 15) is 13.9 Å². The van der Waals surface area contributed by atoms with Crippen molar-refractivity contribution in [3.63, 3.8) is 0 Å². The van der Waals surface area contributed by atoms with Gasteiger partial charge in [0.25, 0.3) is 0 Å². The topological polar surface area (TPSA) is 38.7 Å². The number of benzene rings is 1. The van der Waals surface area contributed by atoms with Crippen LogP contribution >= 0.6 is 0 Å². The lowest BCUT2D eigenvalue weighted by Crippen LogP contribution is -2.42. The second kappa shape index (κ2) is 4.51. The van der Waals surface area contributed by atoms with Crippen molar-refractivity contribution < 1.29 is 23.4 Å². The quantitative estimate of drug-likeness (QED) is 0.852. The van der Waals surface area contributed by atoms with E-state index in [4.69, 9.17) is 9.47 Å². The Bertz CT molecular complexity index is 453. The molecule has 0 amide bonds. The molecule has 0 aromatic heterocycles. The van der Waals surface area contributed by atoms with E-state index < -0.39 is 23.0 Å². The van der Waals surface area contributed by atoms with Gasteiger partial charge in [-0.05, 0) is 25.0 Å². The summed E-state index contributed by atoms with van der Waals surface area (Å²) in [5, 5.41) is 10.6. The van der Waals surface area contributed by atoms with E-state index in [1.165, 1.54) is 18.2 Å². The second-order valence-electron chi connectivity index (χ2n) is 5.24. The van der Waals surface area contributed by atoms with Gasteiger partial charge in [-0.1, -0.05) is 6.07 Å². The summed E-state index contributed by atoms with van der Waals surface area (Å²) in [6, 6.07) is 3.64. The van der Waals surface area contributed by atoms with E-state index in [2.05, 4.69) is 0 Å². The van der Waals surface area contributed by atoms with E-state index in [0.717, 1.165) is 0 Å². The molecule has 0 atom stereocenters. The van der Waals surface area contributed by atoms with Gasteiger partial charge < -0.3 is 14.6 Å². The van der Waals surface area contributed by atoms with Crippen LogP contribution in [0.25, 0.3) is 0 Å². The second-order valence-corrected chi connectivity index (χ2v) is 5.24. The summed E-state index contributed by atoms with van der Waals surface area (Å²) in [5.74, 6) is -2.06. The first kappa shape index (κ1) is 13.0. The molecule has 1 saturated carbocycles. The predicted octanol–water partition coefficient (Wildman–Crippen LogP) is 2.47. The molecule has 19 heavy (non-hydrogen) atoms. The van der Waals surface area contributed by atoms with Crippen LogP contribution in [-0.2, 0) is 15.1 Å². The van der Waals surface area contributed by atoms with Crippen molar-refractivity contribution in [3.05, 3.63) is 35.4 Å². The third-order valence-corrected chi connectivity index (χ3v) is 4.08. The van der Waals surface area contributed by atoms with E-state index in [1.54, 1.807) is 0 Å². The largest absolute Gasteiger partial charge is 0.385 e. The Labute approximate surface area is 110 Å². The van der Waals surface area contributed by atoms with Crippen LogP contribution in [0, 0.1) is 11.6 Å². The summed E-state index contributed by atoms with van der Waals surface area (Å²) in [5.41, 5.74) is -1.71. The molecule has 3 rings (SSSR count). The standard InChI is InChI=1S/C14H16F2O3/c15-10-2-1-3-11(16)12(10)13(17)4-6-14(7-5-13)18-8-9-19-14/h1-3,17H,4-9H2. The Balaban J connectivity index is 1.85. The Morgan fingerprint density at radius 2 is 1.47 bits per heavy atom. The number of hydrogen-bond donors (Lipinski definition) is 1. The molecule has 1 N–H and O–H groups in total. The van der Waals surface area contributed by atoms with Crippen molar-refractivity contribution in [1.29, 1.82) is 0 Å². The molecule has 0 unspecified atom stereocenters. The Morgan fingerprint density at radius 1 is 0.947 bits per heavy atom. The fourth-order valence-electron chi connectivity index (χ4n) is 3.02. The lowest BCUT2D eigenvalue weighted by Gasteiger charge is -2.40. The van der Waals surface area contributed by atoms with Gasteiger partial charge in [0.1, 0.15) is 11.6 Å². The van der Waals surface area contributed by atoms with Crippen LogP contribution in [0.2, 0.25) is 0 Å². The lowest BCUT2D eigenvalue weighted by atomic mass is 9.76. The molecule has 1 saturated heterocycles. The molecule has 1 aliphatic carbocycles. The Morgan fingerprint density at radius 3 is 2.00 bits per heavy atom. The van der Waals surface area contributed by atoms with Gasteiger partial charge in [-0.15, -0.1) is 0 Å². The minimum absolute atomic E-state index is 0.227. The van der Waals surface area contributed by atoms with Crippen LogP contribution in [0.15, 0.2) is 18.2 Å². The minimum atomic E-state index is -1.48. The van der Waals surface area contributed by atoms with Gasteiger partial charge in [-0.2, -0.15) is 0 Å². The molecule has 5 heteroatoms. The molecule has 2 aliphatic rings. The fourth-order valence-corrected chi connectivity index (χ4v) is 3.02. The van der Waals surface area contributed by atoms with Crippen LogP contribution in [0.1, 0.15) is 31.2 Å². The first-order chi connectivity index (χ1) is 9.05. The number of halogens is 2. The maximum Gasteiger partial charge on any atom is 0.168 e. The smallest absolute Gasteiger partial charge is 0.168 e. The highest BCUT2D eigenvalue weighted by Crippen LogP contribution is 2.45. The minimum Gasteiger partial charge on any atom is -0.385 e. The summed E-state index contributed by atoms with van der Waals surface area (Å²) < 4.78 is 38.7. The van der Waals surface area contributed by atoms with E-state index >= 15 is 0 Å². The van der Waals surface area contributed by atoms with Gasteiger partial charge >= 0.3 is 0 Å². The normalized spacial score (nSPS) is 24.8. The van der Waals surface area contributed by atoms with Crippen LogP contribution in [0.5, 0.6) is 0 Å². The first-order valence-electron chi connectivity index (χ1n) is 6.50. The number of aliphatic hydroxyl groups is 1. The summed E-state index contributed by atoms with van der Waals surface area (Å²) >= 11 is 0. The summed E-state index contributed by atoms with van der Waals surface area (Å²) in [6.07, 6.45) is 1.34. The highest BCUT2D eigenvalue weighted by atomic mass is 19.1. The molecule has 1 aliphatic heterocycles. The first-order valence-corrected chi connectivity index (χ1v) is 6.50. The number of ether oxygens (including phenoxy) is 2. The highest BCUT2D eigenvalue weighted by molar-refractivity contribution is 5.27. The maximum absolute atomic E-state index is 13.8. The van der Waals surface area contributed by atoms with Crippen molar-refractivity contribution in [2.45, 2.75) is 37.1 Å². The fraction of sp³-hybridized carbons (Fsp3) is 0.571. The van der Waals surface area contributed by atoms with Crippen molar-refractivity contribution in [3.8, 4) is 0 Å². The van der Waals surface area contributed by atoms with Crippen LogP contribution in [-0.4, -0.2) is 24.1 Å². The highest BCUT2D eigenvalue weighted by Gasteiger charge is 2.47. The van der Waals surface area contributed by atoms with Gasteiger partial charge in [-0.25, -0.2) is 8.78 Å². The van der Waals surface area contributed by atoms with Gasteiger partial charge in [0, 0.05) is 12.8 Å². The van der Waals surface area contributed by atoms with Crippen molar-refractivity contribution in [2.75, 3.05) is 13.2 Å². The average molecular weight is 270 g/mol. The average Bonchev–Trinajstić information content (AvgIpc) is 2.82. The van der Waals surface area contributed by atoms with E-state index in [0.29, 0.717) is 26.1 Å². The van der Waals surface area contributed by atoms with Crippen LogP contribution in [0.4, 0.5) is 8.78 Å². The molecule has 3 nitrogen and oxygen atoms in total. The molecular formula is C14H16F2O3. The molecule has 1 spiro atoms. The predicted molar refractivity (Wildman–Crippen MR) is 63.4 cm³/mol. The van der Waals surface area contributed by atoms with E-state index in [1.807, 2.05) is 0 Å². The zero-order chi connectivity index (χ0) is 13.5. The van der Waals surface area contributed by atoms with Crippen molar-refractivity contribution in [2.24, 2.45) is 0 Å². The van der Waals surface area contributed by atoms with Crippen LogP contribution < -0.4 is 0 Å². The van der Waals surface area contributed by atoms with Crippen LogP contribution in [0.3, 0.4) is 0 Å². The molecule has 104 valence electrons. The SMILES string of the molecule is OC1(c2c(F)cccc2F)CCC2(CC1)OCCO2. The summed E-state index contributed by atoms with van der Waals surface area (Å²) in [7, 11) is 0. The summed E-state index contributed by atoms with van der Waals surface area (Å²) in [6.45, 7) is 1.07. The summed E-state index contributed by atoms with van der Waals surface area (Å²) in [4.78, 5) is 0. The third-order valence-electron chi connectivity index (χ3n) is 4.08. The molecular weight excluding hydrogens is 254 g/mol. The molecule has 0 bridgehead atoms. The molecule has 1 aromatic rings. The molecule has 0 radical (unpaired) electrons. The van der Waals surface area contributed by atoms with E-state index in [-0.39, 0.29) is 18.4 Å². The van der Waals surface area contributed by atoms with Crippen molar-refractivity contribution >= 4 is 0 Å². The Hall–Kier alpha value is -1.04. The number of rotatable bonds is 1. The Kier molecular flexibility index (Phi) is 3.08. The lowest BCUT2D eigenvalue weighted by molar-refractivity contribution is -0.205. The van der Waals surface area contributed by atoms with Gasteiger partial charge in [0.2, 0.25) is 0 Å². The zero-order valence-corrected chi connectivity index (χ0v) is 10.5. The maximum atomic E-state index is 13.8. The molecule has 1 aromatic carbocycles. The van der Waals surface area contributed by atoms with Gasteiger partial charge in [0.05, 0.1) is 24.4 Å².